The number of hydrogen-bond acceptors (Lipinski definition) is 5. The van der Waals surface area contributed by atoms with Gasteiger partial charge in [-0.15, -0.1) is 0 Å². The van der Waals surface area contributed by atoms with Crippen molar-refractivity contribution in [2.24, 2.45) is 0 Å². The highest BCUT2D eigenvalue weighted by Crippen LogP contribution is 2.40. The first-order chi connectivity index (χ1) is 12.0. The fourth-order valence-corrected chi connectivity index (χ4v) is 4.32. The average molecular weight is 360 g/mol. The van der Waals surface area contributed by atoms with E-state index in [2.05, 4.69) is 16.6 Å². The van der Waals surface area contributed by atoms with Crippen molar-refractivity contribution in [3.05, 3.63) is 56.7 Å². The van der Waals surface area contributed by atoms with Gasteiger partial charge in [-0.2, -0.15) is 11.8 Å². The molecule has 3 rings (SSSR count). The first kappa shape index (κ1) is 17.7. The minimum Gasteiger partial charge on any atom is -0.383 e. The van der Waals surface area contributed by atoms with Gasteiger partial charge in [0, 0.05) is 11.3 Å². The van der Waals surface area contributed by atoms with Gasteiger partial charge in [-0.1, -0.05) is 43.2 Å². The summed E-state index contributed by atoms with van der Waals surface area (Å²) in [4.78, 5) is 26.8. The summed E-state index contributed by atoms with van der Waals surface area (Å²) in [5.74, 6) is 0.187. The van der Waals surface area contributed by atoms with Crippen LogP contribution >= 0.6 is 11.8 Å². The predicted molar refractivity (Wildman–Crippen MR) is 104 cm³/mol. The highest BCUT2D eigenvalue weighted by molar-refractivity contribution is 8.00. The van der Waals surface area contributed by atoms with Crippen molar-refractivity contribution in [1.29, 1.82) is 0 Å². The summed E-state index contributed by atoms with van der Waals surface area (Å²) in [6.07, 6.45) is 6.78. The molecule has 1 aromatic carbocycles. The Morgan fingerprint density at radius 1 is 1.24 bits per heavy atom. The molecule has 0 saturated heterocycles. The smallest absolute Gasteiger partial charge is 0.330 e. The molecule has 0 bridgehead atoms. The van der Waals surface area contributed by atoms with Crippen molar-refractivity contribution in [3.8, 4) is 0 Å². The number of benzene rings is 1. The van der Waals surface area contributed by atoms with Gasteiger partial charge < -0.3 is 11.1 Å². The van der Waals surface area contributed by atoms with Crippen LogP contribution in [0.15, 0.2) is 39.9 Å². The molecule has 25 heavy (non-hydrogen) atoms. The summed E-state index contributed by atoms with van der Waals surface area (Å²) in [7, 11) is 0. The van der Waals surface area contributed by atoms with E-state index in [4.69, 9.17) is 5.73 Å². The summed E-state index contributed by atoms with van der Waals surface area (Å²) in [6, 6.07) is 9.57. The van der Waals surface area contributed by atoms with Gasteiger partial charge in [0.2, 0.25) is 0 Å². The topological polar surface area (TPSA) is 92.9 Å². The van der Waals surface area contributed by atoms with Crippen LogP contribution in [0.25, 0.3) is 0 Å². The second-order valence-electron chi connectivity index (χ2n) is 6.54. The lowest BCUT2D eigenvalue weighted by Crippen LogP contribution is -2.37. The molecule has 1 aliphatic carbocycles. The Morgan fingerprint density at radius 2 is 1.92 bits per heavy atom. The van der Waals surface area contributed by atoms with E-state index < -0.39 is 11.2 Å². The molecule has 134 valence electrons. The van der Waals surface area contributed by atoms with Gasteiger partial charge in [0.1, 0.15) is 11.5 Å². The lowest BCUT2D eigenvalue weighted by molar-refractivity contribution is 0.637. The van der Waals surface area contributed by atoms with Crippen molar-refractivity contribution < 1.29 is 0 Å². The third kappa shape index (κ3) is 3.76. The Hall–Kier alpha value is -2.15. The van der Waals surface area contributed by atoms with E-state index in [1.165, 1.54) is 17.4 Å². The fraction of sp³-hybridized carbons (Fsp3) is 0.444. The Morgan fingerprint density at radius 3 is 2.56 bits per heavy atom. The molecule has 1 aromatic heterocycles. The number of thioether (sulfide) groups is 1. The van der Waals surface area contributed by atoms with E-state index in [9.17, 15) is 9.59 Å². The number of anilines is 2. The lowest BCUT2D eigenvalue weighted by atomic mass is 10.1. The maximum Gasteiger partial charge on any atom is 0.330 e. The maximum absolute atomic E-state index is 12.2. The predicted octanol–water partition coefficient (Wildman–Crippen LogP) is 2.25. The minimum atomic E-state index is -0.489. The molecule has 1 saturated carbocycles. The Kier molecular flexibility index (Phi) is 5.22. The highest BCUT2D eigenvalue weighted by Gasteiger charge is 2.33. The van der Waals surface area contributed by atoms with E-state index in [-0.39, 0.29) is 16.3 Å². The van der Waals surface area contributed by atoms with Gasteiger partial charge in [0.05, 0.1) is 6.54 Å². The van der Waals surface area contributed by atoms with Crippen molar-refractivity contribution >= 4 is 23.3 Å². The Labute approximate surface area is 150 Å². The van der Waals surface area contributed by atoms with E-state index in [0.717, 1.165) is 18.4 Å². The molecule has 1 aliphatic rings. The lowest BCUT2D eigenvalue weighted by Gasteiger charge is -2.27. The molecule has 2 aromatic rings. The fourth-order valence-electron chi connectivity index (χ4n) is 3.40. The molecule has 0 unspecified atom stereocenters. The number of aromatic nitrogens is 2. The molecular formula is C18H24N4O2S. The molecule has 0 atom stereocenters. The van der Waals surface area contributed by atoms with Crippen molar-refractivity contribution in [2.45, 2.75) is 37.0 Å². The summed E-state index contributed by atoms with van der Waals surface area (Å²) < 4.78 is 1.54. The molecule has 4 N–H and O–H groups in total. The zero-order valence-electron chi connectivity index (χ0n) is 14.4. The van der Waals surface area contributed by atoms with Crippen LogP contribution in [0.4, 0.5) is 11.5 Å². The number of H-pyrrole nitrogens is 1. The number of hydrogen-bond donors (Lipinski definition) is 3. The standard InChI is InChI=1S/C18H24N4O2S/c1-25-18(9-5-6-10-18)12-20-14-15(19)22(17(24)21-16(14)23)11-13-7-3-2-4-8-13/h2-4,7-8,20H,5-6,9-12,19H2,1H3,(H,21,23,24). The molecule has 1 fully saturated rings. The van der Waals surface area contributed by atoms with Crippen LogP contribution in [0, 0.1) is 0 Å². The van der Waals surface area contributed by atoms with Gasteiger partial charge in [0.15, 0.2) is 0 Å². The number of nitrogens with zero attached hydrogens (tertiary/aromatic N) is 1. The summed E-state index contributed by atoms with van der Waals surface area (Å²) >= 11 is 1.84. The quantitative estimate of drug-likeness (QED) is 0.735. The molecule has 7 heteroatoms. The number of nitrogen functional groups attached to an aromatic ring is 1. The third-order valence-corrected chi connectivity index (χ3v) is 6.38. The number of nitrogens with one attached hydrogen (secondary N) is 2. The minimum absolute atomic E-state index is 0.138. The summed E-state index contributed by atoms with van der Waals surface area (Å²) in [5, 5.41) is 3.22. The number of rotatable bonds is 6. The van der Waals surface area contributed by atoms with Crippen LogP contribution in [-0.4, -0.2) is 27.1 Å². The first-order valence-electron chi connectivity index (χ1n) is 8.50. The van der Waals surface area contributed by atoms with Crippen LogP contribution in [-0.2, 0) is 6.54 Å². The summed E-state index contributed by atoms with van der Waals surface area (Å²) in [5.41, 5.74) is 6.47. The van der Waals surface area contributed by atoms with Crippen LogP contribution < -0.4 is 22.3 Å². The second kappa shape index (κ2) is 7.39. The molecule has 1 heterocycles. The maximum atomic E-state index is 12.2. The van der Waals surface area contributed by atoms with Crippen LogP contribution in [0.3, 0.4) is 0 Å². The average Bonchev–Trinajstić information content (AvgIpc) is 3.09. The van der Waals surface area contributed by atoms with Crippen LogP contribution in [0.2, 0.25) is 0 Å². The van der Waals surface area contributed by atoms with Gasteiger partial charge in [-0.3, -0.25) is 14.3 Å². The highest BCUT2D eigenvalue weighted by atomic mass is 32.2. The van der Waals surface area contributed by atoms with E-state index in [1.807, 2.05) is 42.1 Å². The number of nitrogens with two attached hydrogens (primary N) is 1. The Bertz CT molecular complexity index is 838. The van der Waals surface area contributed by atoms with E-state index in [0.29, 0.717) is 13.1 Å². The molecule has 0 radical (unpaired) electrons. The second-order valence-corrected chi connectivity index (χ2v) is 7.81. The van der Waals surface area contributed by atoms with Crippen molar-refractivity contribution in [1.82, 2.24) is 9.55 Å². The summed E-state index contributed by atoms with van der Waals surface area (Å²) in [6.45, 7) is 0.996. The first-order valence-corrected chi connectivity index (χ1v) is 9.73. The van der Waals surface area contributed by atoms with E-state index >= 15 is 0 Å². The van der Waals surface area contributed by atoms with Crippen LogP contribution in [0.1, 0.15) is 31.2 Å². The molecular weight excluding hydrogens is 336 g/mol. The molecule has 0 aliphatic heterocycles. The zero-order valence-corrected chi connectivity index (χ0v) is 15.2. The van der Waals surface area contributed by atoms with Gasteiger partial charge >= 0.3 is 5.69 Å². The largest absolute Gasteiger partial charge is 0.383 e. The van der Waals surface area contributed by atoms with Gasteiger partial charge in [-0.25, -0.2) is 4.79 Å². The normalized spacial score (nSPS) is 16.0. The molecule has 6 nitrogen and oxygen atoms in total. The van der Waals surface area contributed by atoms with Gasteiger partial charge in [-0.05, 0) is 24.7 Å². The molecule has 0 amide bonds. The van der Waals surface area contributed by atoms with E-state index in [1.54, 1.807) is 0 Å². The third-order valence-electron chi connectivity index (χ3n) is 4.96. The van der Waals surface area contributed by atoms with Crippen molar-refractivity contribution in [2.75, 3.05) is 23.9 Å². The SMILES string of the molecule is CSC1(CNc2c(N)n(Cc3ccccc3)c(=O)[nH]c2=O)CCCC1. The van der Waals surface area contributed by atoms with Gasteiger partial charge in [0.25, 0.3) is 5.56 Å². The molecule has 0 spiro atoms. The Balaban J connectivity index is 1.88. The van der Waals surface area contributed by atoms with Crippen LogP contribution in [0.5, 0.6) is 0 Å². The van der Waals surface area contributed by atoms with Crippen molar-refractivity contribution in [3.63, 3.8) is 0 Å². The zero-order chi connectivity index (χ0) is 17.9. The monoisotopic (exact) mass is 360 g/mol. The number of aromatic amines is 1.